The van der Waals surface area contributed by atoms with E-state index in [0.29, 0.717) is 29.7 Å². The molecule has 0 heterocycles. The molecule has 1 unspecified atom stereocenters. The highest BCUT2D eigenvalue weighted by molar-refractivity contribution is 14.0. The van der Waals surface area contributed by atoms with Crippen LogP contribution < -0.4 is 25.3 Å². The molecule has 3 N–H and O–H groups in total. The average Bonchev–Trinajstić information content (AvgIpc) is 2.76. The van der Waals surface area contributed by atoms with Crippen molar-refractivity contribution < 1.29 is 14.2 Å². The van der Waals surface area contributed by atoms with Gasteiger partial charge in [0.25, 0.3) is 0 Å². The first-order chi connectivity index (χ1) is 14.1. The van der Waals surface area contributed by atoms with E-state index in [9.17, 15) is 0 Å². The summed E-state index contributed by atoms with van der Waals surface area (Å²) in [6.45, 7) is 6.61. The van der Waals surface area contributed by atoms with E-state index in [4.69, 9.17) is 19.9 Å². The summed E-state index contributed by atoms with van der Waals surface area (Å²) >= 11 is 0. The van der Waals surface area contributed by atoms with Crippen LogP contribution in [-0.2, 0) is 0 Å². The van der Waals surface area contributed by atoms with Crippen LogP contribution in [0.5, 0.6) is 17.2 Å². The van der Waals surface area contributed by atoms with Gasteiger partial charge in [-0.3, -0.25) is 9.89 Å². The lowest BCUT2D eigenvalue weighted by Gasteiger charge is -2.29. The largest absolute Gasteiger partial charge is 0.497 e. The summed E-state index contributed by atoms with van der Waals surface area (Å²) in [6.07, 6.45) is 0. The van der Waals surface area contributed by atoms with Crippen molar-refractivity contribution in [3.63, 3.8) is 0 Å². The van der Waals surface area contributed by atoms with Crippen LogP contribution in [0.4, 0.5) is 5.69 Å². The van der Waals surface area contributed by atoms with E-state index in [1.165, 1.54) is 0 Å². The highest BCUT2D eigenvalue weighted by Gasteiger charge is 2.18. The topological polar surface area (TPSA) is 81.3 Å². The molecule has 7 nitrogen and oxygen atoms in total. The van der Waals surface area contributed by atoms with Gasteiger partial charge in [0.2, 0.25) is 0 Å². The third-order valence-corrected chi connectivity index (χ3v) is 4.84. The molecule has 0 aliphatic rings. The number of anilines is 1. The minimum absolute atomic E-state index is 0. The number of methoxy groups -OCH3 is 3. The van der Waals surface area contributed by atoms with Crippen molar-refractivity contribution in [2.45, 2.75) is 19.9 Å². The number of nitrogens with two attached hydrogens (primary N) is 1. The highest BCUT2D eigenvalue weighted by Crippen LogP contribution is 2.29. The van der Waals surface area contributed by atoms with Crippen LogP contribution in [0.25, 0.3) is 0 Å². The molecule has 0 aromatic heterocycles. The second-order valence-electron chi connectivity index (χ2n) is 6.43. The number of rotatable bonds is 10. The van der Waals surface area contributed by atoms with E-state index in [2.05, 4.69) is 35.1 Å². The number of ether oxygens (including phenoxy) is 3. The Bertz CT molecular complexity index is 813. The van der Waals surface area contributed by atoms with E-state index >= 15 is 0 Å². The van der Waals surface area contributed by atoms with Gasteiger partial charge in [0.1, 0.15) is 17.2 Å². The molecule has 0 aliphatic heterocycles. The summed E-state index contributed by atoms with van der Waals surface area (Å²) < 4.78 is 16.1. The van der Waals surface area contributed by atoms with Gasteiger partial charge >= 0.3 is 0 Å². The number of nitrogens with zero attached hydrogens (tertiary/aromatic N) is 2. The van der Waals surface area contributed by atoms with Crippen LogP contribution in [0.2, 0.25) is 0 Å². The van der Waals surface area contributed by atoms with Gasteiger partial charge in [-0.05, 0) is 42.9 Å². The highest BCUT2D eigenvalue weighted by atomic mass is 127. The number of guanidine groups is 1. The van der Waals surface area contributed by atoms with Gasteiger partial charge in [0, 0.05) is 6.07 Å². The zero-order valence-corrected chi connectivity index (χ0v) is 20.7. The Kier molecular flexibility index (Phi) is 11.3. The molecular formula is C22H33IN4O3. The molecule has 0 saturated heterocycles. The lowest BCUT2D eigenvalue weighted by atomic mass is 10.0. The summed E-state index contributed by atoms with van der Waals surface area (Å²) in [4.78, 5) is 6.95. The van der Waals surface area contributed by atoms with Crippen LogP contribution >= 0.6 is 24.0 Å². The van der Waals surface area contributed by atoms with Gasteiger partial charge in [-0.15, -0.1) is 24.0 Å². The van der Waals surface area contributed by atoms with Crippen molar-refractivity contribution >= 4 is 35.6 Å². The summed E-state index contributed by atoms with van der Waals surface area (Å²) in [5.74, 6) is 2.52. The Morgan fingerprint density at radius 1 is 1.00 bits per heavy atom. The summed E-state index contributed by atoms with van der Waals surface area (Å²) in [5, 5.41) is 3.12. The second-order valence-corrected chi connectivity index (χ2v) is 6.43. The molecule has 2 aromatic rings. The molecule has 8 heteroatoms. The molecule has 0 spiro atoms. The molecule has 1 atom stereocenters. The number of aliphatic imine (C=N–C) groups is 1. The van der Waals surface area contributed by atoms with Gasteiger partial charge < -0.3 is 25.3 Å². The molecule has 2 rings (SSSR count). The quantitative estimate of drug-likeness (QED) is 0.274. The molecule has 166 valence electrons. The van der Waals surface area contributed by atoms with Crippen LogP contribution in [0, 0.1) is 0 Å². The maximum absolute atomic E-state index is 6.19. The molecule has 2 aromatic carbocycles. The standard InChI is InChI=1S/C22H32N4O3.HI/c1-6-26(7-2)20(16-9-8-10-17(13-16)27-3)15-24-22(23)25-19-14-18(28-4)11-12-21(19)29-5;/h8-14,20H,6-7,15H2,1-5H3,(H3,23,24,25);1H. The monoisotopic (exact) mass is 528 g/mol. The molecule has 30 heavy (non-hydrogen) atoms. The van der Waals surface area contributed by atoms with Crippen LogP contribution in [0.1, 0.15) is 25.5 Å². The number of hydrogen-bond donors (Lipinski definition) is 2. The average molecular weight is 528 g/mol. The van der Waals surface area contributed by atoms with E-state index in [-0.39, 0.29) is 30.0 Å². The Morgan fingerprint density at radius 2 is 1.67 bits per heavy atom. The van der Waals surface area contributed by atoms with Gasteiger partial charge in [-0.2, -0.15) is 0 Å². The van der Waals surface area contributed by atoms with Crippen molar-refractivity contribution in [3.05, 3.63) is 48.0 Å². The maximum Gasteiger partial charge on any atom is 0.193 e. The van der Waals surface area contributed by atoms with E-state index in [0.717, 1.165) is 24.4 Å². The smallest absolute Gasteiger partial charge is 0.193 e. The van der Waals surface area contributed by atoms with Gasteiger partial charge in [-0.25, -0.2) is 0 Å². The summed E-state index contributed by atoms with van der Waals surface area (Å²) in [5.41, 5.74) is 8.03. The molecular weight excluding hydrogens is 495 g/mol. The Balaban J connectivity index is 0.00000450. The first-order valence-electron chi connectivity index (χ1n) is 9.73. The Morgan fingerprint density at radius 3 is 2.27 bits per heavy atom. The number of nitrogens with one attached hydrogen (secondary N) is 1. The fraction of sp³-hybridized carbons (Fsp3) is 0.409. The molecule has 0 radical (unpaired) electrons. The summed E-state index contributed by atoms with van der Waals surface area (Å²) in [6, 6.07) is 13.6. The van der Waals surface area contributed by atoms with Crippen molar-refractivity contribution in [1.29, 1.82) is 0 Å². The van der Waals surface area contributed by atoms with Crippen molar-refractivity contribution in [2.24, 2.45) is 10.7 Å². The van der Waals surface area contributed by atoms with Crippen LogP contribution in [0.15, 0.2) is 47.5 Å². The zero-order valence-electron chi connectivity index (χ0n) is 18.3. The SMILES string of the molecule is CCN(CC)C(CN=C(N)Nc1cc(OC)ccc1OC)c1cccc(OC)c1.I. The number of likely N-dealkylation sites (N-methyl/N-ethyl adjacent to an activating group) is 1. The predicted molar refractivity (Wildman–Crippen MR) is 134 cm³/mol. The fourth-order valence-corrected chi connectivity index (χ4v) is 3.22. The first kappa shape index (κ1) is 25.8. The molecule has 0 aliphatic carbocycles. The second kappa shape index (κ2) is 13.2. The lowest BCUT2D eigenvalue weighted by Crippen LogP contribution is -2.32. The molecule has 0 bridgehead atoms. The third-order valence-electron chi connectivity index (χ3n) is 4.84. The van der Waals surface area contributed by atoms with Crippen molar-refractivity contribution in [1.82, 2.24) is 4.90 Å². The minimum Gasteiger partial charge on any atom is -0.497 e. The van der Waals surface area contributed by atoms with E-state index < -0.39 is 0 Å². The van der Waals surface area contributed by atoms with Crippen LogP contribution in [-0.4, -0.2) is 51.8 Å². The van der Waals surface area contributed by atoms with E-state index in [1.807, 2.05) is 36.4 Å². The van der Waals surface area contributed by atoms with E-state index in [1.54, 1.807) is 21.3 Å². The molecule has 0 saturated carbocycles. The fourth-order valence-electron chi connectivity index (χ4n) is 3.22. The number of hydrogen-bond acceptors (Lipinski definition) is 5. The normalized spacial score (nSPS) is 12.1. The first-order valence-corrected chi connectivity index (χ1v) is 9.73. The predicted octanol–water partition coefficient (Wildman–Crippen LogP) is 4.14. The zero-order chi connectivity index (χ0) is 21.2. The molecule has 0 fully saturated rings. The lowest BCUT2D eigenvalue weighted by molar-refractivity contribution is 0.224. The maximum atomic E-state index is 6.19. The number of halogens is 1. The number of benzene rings is 2. The Hall–Kier alpha value is -2.20. The molecule has 0 amide bonds. The van der Waals surface area contributed by atoms with Crippen molar-refractivity contribution in [3.8, 4) is 17.2 Å². The minimum atomic E-state index is 0. The van der Waals surface area contributed by atoms with Crippen LogP contribution in [0.3, 0.4) is 0 Å². The third kappa shape index (κ3) is 6.94. The van der Waals surface area contributed by atoms with Crippen molar-refractivity contribution in [2.75, 3.05) is 46.3 Å². The Labute approximate surface area is 196 Å². The summed E-state index contributed by atoms with van der Waals surface area (Å²) in [7, 11) is 4.90. The van der Waals surface area contributed by atoms with Gasteiger partial charge in [0.05, 0.1) is 39.6 Å². The van der Waals surface area contributed by atoms with Gasteiger partial charge in [0.15, 0.2) is 5.96 Å². The van der Waals surface area contributed by atoms with Gasteiger partial charge in [-0.1, -0.05) is 26.0 Å².